The van der Waals surface area contributed by atoms with Crippen molar-refractivity contribution in [3.63, 3.8) is 0 Å². The number of nitro groups is 1. The summed E-state index contributed by atoms with van der Waals surface area (Å²) in [6.45, 7) is 0. The molecule has 0 atom stereocenters. The number of non-ortho nitro benzene ring substituents is 1. The van der Waals surface area contributed by atoms with Gasteiger partial charge in [0, 0.05) is 17.0 Å². The van der Waals surface area contributed by atoms with E-state index in [-0.39, 0.29) is 27.4 Å². The third-order valence-electron chi connectivity index (χ3n) is 2.83. The van der Waals surface area contributed by atoms with Crippen molar-refractivity contribution in [2.24, 2.45) is 0 Å². The van der Waals surface area contributed by atoms with Crippen LogP contribution in [0.25, 0.3) is 11.5 Å². The zero-order chi connectivity index (χ0) is 16.4. The van der Waals surface area contributed by atoms with Gasteiger partial charge in [0.05, 0.1) is 15.5 Å². The van der Waals surface area contributed by atoms with E-state index in [0.717, 1.165) is 11.8 Å². The highest BCUT2D eigenvalue weighted by atomic mass is 35.5. The average molecular weight is 352 g/mol. The number of aromatic nitrogens is 2. The van der Waals surface area contributed by atoms with E-state index in [4.69, 9.17) is 16.0 Å². The fourth-order valence-electron chi connectivity index (χ4n) is 1.77. The van der Waals surface area contributed by atoms with E-state index < -0.39 is 10.7 Å². The molecule has 0 fully saturated rings. The van der Waals surface area contributed by atoms with E-state index in [0.29, 0.717) is 4.90 Å². The SMILES string of the molecule is O=[N+]([O-])c1ccc(Sc2nnc(-c3ccccc3F)o2)c(Cl)c1. The maximum absolute atomic E-state index is 13.7. The van der Waals surface area contributed by atoms with E-state index in [1.807, 2.05) is 0 Å². The van der Waals surface area contributed by atoms with Crippen LogP contribution in [0.5, 0.6) is 0 Å². The van der Waals surface area contributed by atoms with Gasteiger partial charge in [-0.1, -0.05) is 23.7 Å². The van der Waals surface area contributed by atoms with E-state index in [2.05, 4.69) is 10.2 Å². The molecule has 0 aliphatic carbocycles. The second-order valence-corrected chi connectivity index (χ2v) is 5.73. The van der Waals surface area contributed by atoms with Crippen LogP contribution in [0.3, 0.4) is 0 Å². The lowest BCUT2D eigenvalue weighted by molar-refractivity contribution is -0.384. The number of nitrogens with zero attached hydrogens (tertiary/aromatic N) is 3. The Hall–Kier alpha value is -2.45. The summed E-state index contributed by atoms with van der Waals surface area (Å²) in [4.78, 5) is 10.7. The lowest BCUT2D eigenvalue weighted by Gasteiger charge is -2.00. The van der Waals surface area contributed by atoms with Gasteiger partial charge in [-0.15, -0.1) is 10.2 Å². The molecule has 0 aliphatic heterocycles. The Morgan fingerprint density at radius 1 is 1.22 bits per heavy atom. The van der Waals surface area contributed by atoms with Crippen molar-refractivity contribution in [2.75, 3.05) is 0 Å². The highest BCUT2D eigenvalue weighted by Crippen LogP contribution is 2.35. The van der Waals surface area contributed by atoms with Crippen LogP contribution in [0, 0.1) is 15.9 Å². The number of hydrogen-bond acceptors (Lipinski definition) is 6. The maximum Gasteiger partial charge on any atom is 0.281 e. The third kappa shape index (κ3) is 3.33. The average Bonchev–Trinajstić information content (AvgIpc) is 2.98. The molecule has 6 nitrogen and oxygen atoms in total. The second-order valence-electron chi connectivity index (χ2n) is 4.33. The predicted octanol–water partition coefficient (Wildman–Crippen LogP) is 4.59. The zero-order valence-electron chi connectivity index (χ0n) is 11.3. The predicted molar refractivity (Wildman–Crippen MR) is 81.9 cm³/mol. The van der Waals surface area contributed by atoms with Crippen molar-refractivity contribution in [2.45, 2.75) is 10.1 Å². The first-order chi connectivity index (χ1) is 11.0. The molecular formula is C14H7ClFN3O3S. The van der Waals surface area contributed by atoms with Crippen LogP contribution in [-0.2, 0) is 0 Å². The first-order valence-electron chi connectivity index (χ1n) is 6.25. The summed E-state index contributed by atoms with van der Waals surface area (Å²) in [6.07, 6.45) is 0. The van der Waals surface area contributed by atoms with Crippen molar-refractivity contribution in [1.29, 1.82) is 0 Å². The van der Waals surface area contributed by atoms with Gasteiger partial charge in [0.15, 0.2) is 0 Å². The molecule has 23 heavy (non-hydrogen) atoms. The molecule has 9 heteroatoms. The summed E-state index contributed by atoms with van der Waals surface area (Å²) < 4.78 is 19.1. The topological polar surface area (TPSA) is 82.1 Å². The highest BCUT2D eigenvalue weighted by molar-refractivity contribution is 7.99. The van der Waals surface area contributed by atoms with Crippen molar-refractivity contribution in [3.8, 4) is 11.5 Å². The zero-order valence-corrected chi connectivity index (χ0v) is 12.8. The van der Waals surface area contributed by atoms with Gasteiger partial charge in [0.1, 0.15) is 5.82 Å². The standard InChI is InChI=1S/C14H7ClFN3O3S/c15-10-7-8(19(20)21)5-6-12(10)23-14-18-17-13(22-14)9-3-1-2-4-11(9)16/h1-7H. The number of halogens is 2. The van der Waals surface area contributed by atoms with E-state index in [1.165, 1.54) is 30.3 Å². The van der Waals surface area contributed by atoms with Gasteiger partial charge in [-0.2, -0.15) is 0 Å². The van der Waals surface area contributed by atoms with Gasteiger partial charge >= 0.3 is 0 Å². The van der Waals surface area contributed by atoms with Crippen molar-refractivity contribution < 1.29 is 13.7 Å². The maximum atomic E-state index is 13.7. The Bertz CT molecular complexity index is 887. The molecule has 3 aromatic rings. The van der Waals surface area contributed by atoms with Gasteiger partial charge in [0.2, 0.25) is 0 Å². The highest BCUT2D eigenvalue weighted by Gasteiger charge is 2.16. The number of rotatable bonds is 4. The molecule has 116 valence electrons. The minimum atomic E-state index is -0.538. The van der Waals surface area contributed by atoms with E-state index in [9.17, 15) is 14.5 Å². The largest absolute Gasteiger partial charge is 0.411 e. The van der Waals surface area contributed by atoms with E-state index in [1.54, 1.807) is 12.1 Å². The quantitative estimate of drug-likeness (QED) is 0.505. The summed E-state index contributed by atoms with van der Waals surface area (Å²) in [6, 6.07) is 10.1. The molecule has 0 unspecified atom stereocenters. The molecule has 0 amide bonds. The van der Waals surface area contributed by atoms with Gasteiger partial charge in [-0.3, -0.25) is 10.1 Å². The Balaban J connectivity index is 1.85. The molecular weight excluding hydrogens is 345 g/mol. The van der Waals surface area contributed by atoms with Gasteiger partial charge in [-0.25, -0.2) is 4.39 Å². The smallest absolute Gasteiger partial charge is 0.281 e. The van der Waals surface area contributed by atoms with Crippen LogP contribution in [0.15, 0.2) is 57.0 Å². The Labute approximate surface area is 138 Å². The molecule has 0 aliphatic rings. The summed E-state index contributed by atoms with van der Waals surface area (Å²) in [7, 11) is 0. The normalized spacial score (nSPS) is 10.7. The second kappa shape index (κ2) is 6.35. The summed E-state index contributed by atoms with van der Waals surface area (Å²) in [5.41, 5.74) is 0.0820. The van der Waals surface area contributed by atoms with Crippen LogP contribution < -0.4 is 0 Å². The number of nitro benzene ring substituents is 1. The first-order valence-corrected chi connectivity index (χ1v) is 7.44. The lowest BCUT2D eigenvalue weighted by atomic mass is 10.2. The molecule has 0 radical (unpaired) electrons. The number of hydrogen-bond donors (Lipinski definition) is 0. The number of benzene rings is 2. The van der Waals surface area contributed by atoms with Gasteiger partial charge in [0.25, 0.3) is 16.8 Å². The van der Waals surface area contributed by atoms with Gasteiger partial charge < -0.3 is 4.42 Å². The molecule has 2 aromatic carbocycles. The van der Waals surface area contributed by atoms with Crippen molar-refractivity contribution in [3.05, 3.63) is 63.4 Å². The molecule has 0 saturated heterocycles. The molecule has 3 rings (SSSR count). The fraction of sp³-hybridized carbons (Fsp3) is 0. The molecule has 1 heterocycles. The molecule has 0 spiro atoms. The first kappa shape index (κ1) is 15.4. The van der Waals surface area contributed by atoms with Crippen molar-refractivity contribution >= 4 is 29.1 Å². The summed E-state index contributed by atoms with van der Waals surface area (Å²) >= 11 is 7.04. The fourth-order valence-corrected chi connectivity index (χ4v) is 2.75. The molecule has 0 N–H and O–H groups in total. The Kier molecular flexibility index (Phi) is 4.26. The lowest BCUT2D eigenvalue weighted by Crippen LogP contribution is -1.87. The van der Waals surface area contributed by atoms with Crippen LogP contribution in [0.1, 0.15) is 0 Å². The third-order valence-corrected chi connectivity index (χ3v) is 4.17. The van der Waals surface area contributed by atoms with Crippen LogP contribution in [-0.4, -0.2) is 15.1 Å². The van der Waals surface area contributed by atoms with Crippen molar-refractivity contribution in [1.82, 2.24) is 10.2 Å². The van der Waals surface area contributed by atoms with Crippen LogP contribution in [0.2, 0.25) is 5.02 Å². The molecule has 0 saturated carbocycles. The van der Waals surface area contributed by atoms with E-state index >= 15 is 0 Å². The minimum Gasteiger partial charge on any atom is -0.411 e. The molecule has 0 bridgehead atoms. The summed E-state index contributed by atoms with van der Waals surface area (Å²) in [5, 5.41) is 18.6. The Morgan fingerprint density at radius 3 is 2.70 bits per heavy atom. The minimum absolute atomic E-state index is 0.0450. The summed E-state index contributed by atoms with van der Waals surface area (Å²) in [5.74, 6) is -0.426. The Morgan fingerprint density at radius 2 is 2.00 bits per heavy atom. The molecule has 1 aromatic heterocycles. The monoisotopic (exact) mass is 351 g/mol. The van der Waals surface area contributed by atoms with Crippen LogP contribution in [0.4, 0.5) is 10.1 Å². The van der Waals surface area contributed by atoms with Crippen LogP contribution >= 0.6 is 23.4 Å². The van der Waals surface area contributed by atoms with Gasteiger partial charge in [-0.05, 0) is 30.0 Å².